The number of carbonyl (C=O) groups excluding carboxylic acids is 1. The van der Waals surface area contributed by atoms with Crippen molar-refractivity contribution in [1.29, 1.82) is 0 Å². The summed E-state index contributed by atoms with van der Waals surface area (Å²) in [6.45, 7) is 1.89. The second-order valence-electron chi connectivity index (χ2n) is 9.52. The summed E-state index contributed by atoms with van der Waals surface area (Å²) in [6.07, 6.45) is -2.90. The molecular formula is C27H31F7N2O. The van der Waals surface area contributed by atoms with Crippen LogP contribution in [0.2, 0.25) is 0 Å². The molecule has 1 aliphatic carbocycles. The van der Waals surface area contributed by atoms with Gasteiger partial charge in [0, 0.05) is 13.0 Å². The SMILES string of the molecule is C1CC1.O=C(CCCN1CCC(c2ccc(F)cc2)CC1)NCc1cc(C(F)(F)F)cc(C(F)(F)F)c1. The van der Waals surface area contributed by atoms with Crippen molar-refractivity contribution in [2.75, 3.05) is 19.6 Å². The van der Waals surface area contributed by atoms with E-state index < -0.39 is 35.9 Å². The summed E-state index contributed by atoms with van der Waals surface area (Å²) in [5, 5.41) is 2.40. The maximum atomic E-state index is 13.1. The van der Waals surface area contributed by atoms with E-state index in [1.807, 2.05) is 0 Å². The highest BCUT2D eigenvalue weighted by Gasteiger charge is 2.36. The van der Waals surface area contributed by atoms with Crippen LogP contribution in [-0.2, 0) is 23.7 Å². The molecule has 0 bridgehead atoms. The lowest BCUT2D eigenvalue weighted by molar-refractivity contribution is -0.143. The smallest absolute Gasteiger partial charge is 0.352 e. The van der Waals surface area contributed by atoms with Gasteiger partial charge < -0.3 is 10.2 Å². The first-order valence-electron chi connectivity index (χ1n) is 12.4. The highest BCUT2D eigenvalue weighted by atomic mass is 19.4. The number of nitrogens with zero attached hydrogens (tertiary/aromatic N) is 1. The Morgan fingerprint density at radius 1 is 0.865 bits per heavy atom. The number of amides is 1. The van der Waals surface area contributed by atoms with Crippen molar-refractivity contribution in [3.8, 4) is 0 Å². The van der Waals surface area contributed by atoms with Crippen molar-refractivity contribution in [2.45, 2.75) is 69.8 Å². The van der Waals surface area contributed by atoms with E-state index in [1.54, 1.807) is 12.1 Å². The number of hydrogen-bond acceptors (Lipinski definition) is 2. The zero-order valence-corrected chi connectivity index (χ0v) is 20.4. The van der Waals surface area contributed by atoms with Crippen molar-refractivity contribution >= 4 is 5.91 Å². The van der Waals surface area contributed by atoms with Crippen LogP contribution in [0, 0.1) is 5.82 Å². The van der Waals surface area contributed by atoms with Crippen molar-refractivity contribution in [3.05, 3.63) is 70.5 Å². The molecule has 4 rings (SSSR count). The highest BCUT2D eigenvalue weighted by molar-refractivity contribution is 5.75. The van der Waals surface area contributed by atoms with E-state index in [4.69, 9.17) is 0 Å². The normalized spacial score (nSPS) is 16.6. The highest BCUT2D eigenvalue weighted by Crippen LogP contribution is 2.36. The minimum Gasteiger partial charge on any atom is -0.352 e. The van der Waals surface area contributed by atoms with Crippen LogP contribution in [0.4, 0.5) is 30.7 Å². The van der Waals surface area contributed by atoms with Gasteiger partial charge in [0.25, 0.3) is 0 Å². The van der Waals surface area contributed by atoms with Gasteiger partial charge in [-0.3, -0.25) is 4.79 Å². The summed E-state index contributed by atoms with van der Waals surface area (Å²) in [6, 6.07) is 7.77. The Hall–Kier alpha value is -2.62. The molecule has 2 aromatic rings. The summed E-state index contributed by atoms with van der Waals surface area (Å²) in [7, 11) is 0. The van der Waals surface area contributed by atoms with E-state index >= 15 is 0 Å². The Bertz CT molecular complexity index is 974. The predicted octanol–water partition coefficient (Wildman–Crippen LogP) is 7.31. The molecule has 2 aromatic carbocycles. The van der Waals surface area contributed by atoms with Gasteiger partial charge in [-0.15, -0.1) is 0 Å². The van der Waals surface area contributed by atoms with Crippen molar-refractivity contribution in [1.82, 2.24) is 10.2 Å². The third-order valence-electron chi connectivity index (χ3n) is 6.30. The topological polar surface area (TPSA) is 32.3 Å². The lowest BCUT2D eigenvalue weighted by Gasteiger charge is -2.32. The molecule has 1 heterocycles. The maximum absolute atomic E-state index is 13.1. The fraction of sp³-hybridized carbons (Fsp3) is 0.519. The number of carbonyl (C=O) groups is 1. The summed E-state index contributed by atoms with van der Waals surface area (Å²) in [4.78, 5) is 14.3. The van der Waals surface area contributed by atoms with Gasteiger partial charge >= 0.3 is 12.4 Å². The van der Waals surface area contributed by atoms with Crippen LogP contribution in [0.3, 0.4) is 0 Å². The molecule has 1 aliphatic heterocycles. The molecule has 0 spiro atoms. The Morgan fingerprint density at radius 3 is 1.89 bits per heavy atom. The van der Waals surface area contributed by atoms with Gasteiger partial charge in [-0.05, 0) is 86.3 Å². The zero-order valence-electron chi connectivity index (χ0n) is 20.4. The number of alkyl halides is 6. The van der Waals surface area contributed by atoms with Crippen LogP contribution < -0.4 is 5.32 Å². The van der Waals surface area contributed by atoms with E-state index in [0.717, 1.165) is 31.5 Å². The second-order valence-corrected chi connectivity index (χ2v) is 9.52. The first-order valence-corrected chi connectivity index (χ1v) is 12.4. The van der Waals surface area contributed by atoms with Gasteiger partial charge in [0.1, 0.15) is 5.82 Å². The number of nitrogens with one attached hydrogen (secondary N) is 1. The number of benzene rings is 2. The minimum atomic E-state index is -4.93. The predicted molar refractivity (Wildman–Crippen MR) is 126 cm³/mol. The quantitative estimate of drug-likeness (QED) is 0.379. The van der Waals surface area contributed by atoms with Crippen LogP contribution in [0.1, 0.15) is 73.1 Å². The van der Waals surface area contributed by atoms with Crippen molar-refractivity contribution in [2.24, 2.45) is 0 Å². The number of hydrogen-bond donors (Lipinski definition) is 1. The van der Waals surface area contributed by atoms with Crippen molar-refractivity contribution in [3.63, 3.8) is 0 Å². The number of likely N-dealkylation sites (tertiary alicyclic amines) is 1. The van der Waals surface area contributed by atoms with Gasteiger partial charge in [-0.2, -0.15) is 26.3 Å². The molecule has 204 valence electrons. The van der Waals surface area contributed by atoms with E-state index in [1.165, 1.54) is 31.4 Å². The summed E-state index contributed by atoms with van der Waals surface area (Å²) in [5.41, 5.74) is -1.98. The number of piperidine rings is 1. The minimum absolute atomic E-state index is 0.0601. The van der Waals surface area contributed by atoms with Gasteiger partial charge in [-0.25, -0.2) is 4.39 Å². The van der Waals surface area contributed by atoms with Gasteiger partial charge in [-0.1, -0.05) is 31.4 Å². The summed E-state index contributed by atoms with van der Waals surface area (Å²) in [5.74, 6) is -0.352. The van der Waals surface area contributed by atoms with Crippen LogP contribution in [0.25, 0.3) is 0 Å². The van der Waals surface area contributed by atoms with Crippen LogP contribution in [0.5, 0.6) is 0 Å². The molecule has 1 amide bonds. The molecule has 1 N–H and O–H groups in total. The average Bonchev–Trinajstić information content (AvgIpc) is 3.72. The van der Waals surface area contributed by atoms with Crippen LogP contribution in [-0.4, -0.2) is 30.4 Å². The zero-order chi connectivity index (χ0) is 27.1. The summed E-state index contributed by atoms with van der Waals surface area (Å²) >= 11 is 0. The Labute approximate surface area is 212 Å². The first kappa shape index (κ1) is 28.9. The lowest BCUT2D eigenvalue weighted by atomic mass is 9.89. The average molecular weight is 533 g/mol. The Balaban J connectivity index is 0.00000118. The largest absolute Gasteiger partial charge is 0.416 e. The Kier molecular flexibility index (Phi) is 9.98. The maximum Gasteiger partial charge on any atom is 0.416 e. The van der Waals surface area contributed by atoms with Crippen molar-refractivity contribution < 1.29 is 35.5 Å². The molecule has 1 saturated carbocycles. The van der Waals surface area contributed by atoms with Gasteiger partial charge in [0.05, 0.1) is 11.1 Å². The first-order chi connectivity index (χ1) is 17.4. The third kappa shape index (κ3) is 9.98. The van der Waals surface area contributed by atoms with Gasteiger partial charge in [0.15, 0.2) is 0 Å². The molecule has 3 nitrogen and oxygen atoms in total. The standard InChI is InChI=1S/C24H25F7N2O.C3H6/c25-21-5-3-17(4-6-21)18-7-10-33(11-8-18)9-1-2-22(34)32-15-16-12-19(23(26,27)28)14-20(13-16)24(29,30)31;1-2-3-1/h3-6,12-14,18H,1-2,7-11,15H2,(H,32,34);1-3H2. The van der Waals surface area contributed by atoms with E-state index in [9.17, 15) is 35.5 Å². The molecule has 0 unspecified atom stereocenters. The monoisotopic (exact) mass is 532 g/mol. The molecule has 2 aliphatic rings. The van der Waals surface area contributed by atoms with E-state index in [0.29, 0.717) is 31.0 Å². The van der Waals surface area contributed by atoms with Crippen LogP contribution in [0.15, 0.2) is 42.5 Å². The van der Waals surface area contributed by atoms with Crippen LogP contribution >= 0.6 is 0 Å². The molecule has 0 radical (unpaired) electrons. The lowest BCUT2D eigenvalue weighted by Crippen LogP contribution is -2.34. The molecule has 10 heteroatoms. The molecular weight excluding hydrogens is 501 g/mol. The molecule has 1 saturated heterocycles. The molecule has 37 heavy (non-hydrogen) atoms. The number of halogens is 7. The van der Waals surface area contributed by atoms with Gasteiger partial charge in [0.2, 0.25) is 5.91 Å². The fourth-order valence-corrected chi connectivity index (χ4v) is 4.10. The number of rotatable bonds is 7. The molecule has 0 atom stereocenters. The van der Waals surface area contributed by atoms with E-state index in [-0.39, 0.29) is 23.9 Å². The van der Waals surface area contributed by atoms with E-state index in [2.05, 4.69) is 10.2 Å². The third-order valence-corrected chi connectivity index (χ3v) is 6.30. The molecule has 0 aromatic heterocycles. The second kappa shape index (κ2) is 12.8. The summed E-state index contributed by atoms with van der Waals surface area (Å²) < 4.78 is 90.7. The Morgan fingerprint density at radius 2 is 1.41 bits per heavy atom. The molecule has 2 fully saturated rings. The fourth-order valence-electron chi connectivity index (χ4n) is 4.10.